The highest BCUT2D eigenvalue weighted by atomic mass is 16.2. The number of aromatic nitrogens is 1. The Morgan fingerprint density at radius 1 is 1.15 bits per heavy atom. The summed E-state index contributed by atoms with van der Waals surface area (Å²) in [6, 6.07) is 15.5. The zero-order chi connectivity index (χ0) is 14.4. The number of amides is 1. The Kier molecular flexibility index (Phi) is 4.30. The number of hydrogen-bond acceptors (Lipinski definition) is 3. The maximum Gasteiger partial charge on any atom is 0.274 e. The molecule has 1 aromatic carbocycles. The molecule has 2 aromatic rings. The highest BCUT2D eigenvalue weighted by Gasteiger charge is 2.17. The highest BCUT2D eigenvalue weighted by Crippen LogP contribution is 2.16. The van der Waals surface area contributed by atoms with Crippen molar-refractivity contribution in [3.8, 4) is 6.07 Å². The summed E-state index contributed by atoms with van der Waals surface area (Å²) in [7, 11) is 0. The molecular weight excluding hydrogens is 254 g/mol. The molecule has 5 nitrogen and oxygen atoms in total. The van der Waals surface area contributed by atoms with Crippen LogP contribution < -0.4 is 10.5 Å². The molecule has 100 valence electrons. The van der Waals surface area contributed by atoms with Crippen molar-refractivity contribution in [2.45, 2.75) is 6.42 Å². The van der Waals surface area contributed by atoms with Crippen LogP contribution >= 0.6 is 0 Å². The number of nitriles is 1. The first-order valence-electron chi connectivity index (χ1n) is 6.15. The van der Waals surface area contributed by atoms with E-state index in [-0.39, 0.29) is 30.1 Å². The molecule has 0 spiro atoms. The van der Waals surface area contributed by atoms with Crippen LogP contribution in [0, 0.1) is 11.3 Å². The van der Waals surface area contributed by atoms with Crippen molar-refractivity contribution in [2.75, 3.05) is 11.4 Å². The van der Waals surface area contributed by atoms with Crippen molar-refractivity contribution in [3.63, 3.8) is 0 Å². The van der Waals surface area contributed by atoms with E-state index in [2.05, 4.69) is 4.98 Å². The molecule has 0 aliphatic carbocycles. The third-order valence-electron chi connectivity index (χ3n) is 2.76. The van der Waals surface area contributed by atoms with E-state index in [1.54, 1.807) is 18.2 Å². The second kappa shape index (κ2) is 6.34. The van der Waals surface area contributed by atoms with Crippen molar-refractivity contribution < 1.29 is 4.79 Å². The molecule has 2 rings (SSSR count). The maximum atomic E-state index is 12.4. The van der Waals surface area contributed by atoms with Crippen LogP contribution in [-0.4, -0.2) is 17.4 Å². The Bertz CT molecular complexity index is 686. The van der Waals surface area contributed by atoms with Gasteiger partial charge < -0.3 is 9.88 Å². The molecule has 0 aliphatic heterocycles. The number of nitrogens with zero attached hydrogens (tertiary/aromatic N) is 2. The predicted octanol–water partition coefficient (Wildman–Crippen LogP) is 1.94. The van der Waals surface area contributed by atoms with Gasteiger partial charge in [0.15, 0.2) is 0 Å². The fourth-order valence-corrected chi connectivity index (χ4v) is 1.84. The van der Waals surface area contributed by atoms with Gasteiger partial charge in [0.1, 0.15) is 5.69 Å². The van der Waals surface area contributed by atoms with E-state index in [4.69, 9.17) is 5.26 Å². The van der Waals surface area contributed by atoms with Crippen LogP contribution in [0.15, 0.2) is 53.3 Å². The van der Waals surface area contributed by atoms with Gasteiger partial charge in [0, 0.05) is 18.3 Å². The fourth-order valence-electron chi connectivity index (χ4n) is 1.84. The van der Waals surface area contributed by atoms with Crippen molar-refractivity contribution in [1.29, 1.82) is 5.26 Å². The number of nitrogens with one attached hydrogen (secondary N) is 1. The maximum absolute atomic E-state index is 12.4. The normalized spacial score (nSPS) is 9.75. The number of carbonyl (C=O) groups excluding carboxylic acids is 1. The van der Waals surface area contributed by atoms with Crippen molar-refractivity contribution in [1.82, 2.24) is 4.98 Å². The molecule has 5 heteroatoms. The van der Waals surface area contributed by atoms with E-state index in [0.717, 1.165) is 0 Å². The number of H-pyrrole nitrogens is 1. The molecule has 0 atom stereocenters. The van der Waals surface area contributed by atoms with Crippen LogP contribution in [-0.2, 0) is 0 Å². The van der Waals surface area contributed by atoms with E-state index in [0.29, 0.717) is 5.69 Å². The Balaban J connectivity index is 2.34. The van der Waals surface area contributed by atoms with E-state index in [1.807, 2.05) is 24.3 Å². The minimum Gasteiger partial charge on any atom is -0.318 e. The van der Waals surface area contributed by atoms with Crippen LogP contribution in [0.3, 0.4) is 0 Å². The van der Waals surface area contributed by atoms with E-state index in [1.165, 1.54) is 17.0 Å². The lowest BCUT2D eigenvalue weighted by Crippen LogP contribution is -2.33. The minimum atomic E-state index is -0.329. The summed E-state index contributed by atoms with van der Waals surface area (Å²) in [4.78, 5) is 27.7. The molecule has 0 aliphatic rings. The van der Waals surface area contributed by atoms with Crippen LogP contribution in [0.4, 0.5) is 5.69 Å². The van der Waals surface area contributed by atoms with Gasteiger partial charge in [-0.3, -0.25) is 9.59 Å². The summed E-state index contributed by atoms with van der Waals surface area (Å²) in [5.74, 6) is -0.329. The van der Waals surface area contributed by atoms with Gasteiger partial charge >= 0.3 is 0 Å². The molecule has 1 amide bonds. The van der Waals surface area contributed by atoms with Gasteiger partial charge in [-0.05, 0) is 18.2 Å². The lowest BCUT2D eigenvalue weighted by Gasteiger charge is -2.21. The van der Waals surface area contributed by atoms with Crippen LogP contribution in [0.2, 0.25) is 0 Å². The molecule has 0 fully saturated rings. The summed E-state index contributed by atoms with van der Waals surface area (Å²) in [5, 5.41) is 8.71. The lowest BCUT2D eigenvalue weighted by atomic mass is 10.2. The molecule has 0 saturated carbocycles. The summed E-state index contributed by atoms with van der Waals surface area (Å²) in [6.07, 6.45) is 0.220. The molecule has 20 heavy (non-hydrogen) atoms. The van der Waals surface area contributed by atoms with Crippen LogP contribution in [0.25, 0.3) is 0 Å². The summed E-state index contributed by atoms with van der Waals surface area (Å²) in [5.41, 5.74) is 0.570. The first-order chi connectivity index (χ1) is 9.72. The van der Waals surface area contributed by atoms with Crippen LogP contribution in [0.1, 0.15) is 16.9 Å². The standard InChI is InChI=1S/C15H13N3O2/c16-10-5-11-18(12-6-2-1-3-7-12)15(20)13-8-4-9-14(19)17-13/h1-4,6-9H,5,11H2,(H,17,19). The number of para-hydroxylation sites is 1. The molecule has 0 saturated heterocycles. The number of benzene rings is 1. The molecular formula is C15H13N3O2. The number of carbonyl (C=O) groups is 1. The van der Waals surface area contributed by atoms with Gasteiger partial charge in [0.25, 0.3) is 5.91 Å². The average molecular weight is 267 g/mol. The van der Waals surface area contributed by atoms with Gasteiger partial charge in [0.2, 0.25) is 5.56 Å². The highest BCUT2D eigenvalue weighted by molar-refractivity contribution is 6.04. The summed E-state index contributed by atoms with van der Waals surface area (Å²) < 4.78 is 0. The largest absolute Gasteiger partial charge is 0.318 e. The quantitative estimate of drug-likeness (QED) is 0.919. The minimum absolute atomic E-state index is 0.208. The monoisotopic (exact) mass is 267 g/mol. The molecule has 0 radical (unpaired) electrons. The SMILES string of the molecule is N#CCCN(C(=O)c1cccc(=O)[nH]1)c1ccccc1. The smallest absolute Gasteiger partial charge is 0.274 e. The third kappa shape index (κ3) is 3.12. The lowest BCUT2D eigenvalue weighted by molar-refractivity contribution is 0.0982. The molecule has 1 N–H and O–H groups in total. The third-order valence-corrected chi connectivity index (χ3v) is 2.76. The fraction of sp³-hybridized carbons (Fsp3) is 0.133. The number of hydrogen-bond donors (Lipinski definition) is 1. The number of pyridine rings is 1. The second-order valence-corrected chi connectivity index (χ2v) is 4.13. The first kappa shape index (κ1) is 13.6. The van der Waals surface area contributed by atoms with E-state index < -0.39 is 0 Å². The van der Waals surface area contributed by atoms with Gasteiger partial charge in [0.05, 0.1) is 12.5 Å². The van der Waals surface area contributed by atoms with Gasteiger partial charge in [-0.15, -0.1) is 0 Å². The molecule has 0 unspecified atom stereocenters. The predicted molar refractivity (Wildman–Crippen MR) is 75.4 cm³/mol. The number of rotatable bonds is 4. The van der Waals surface area contributed by atoms with Gasteiger partial charge in [-0.2, -0.15) is 5.26 Å². The Labute approximate surface area is 116 Å². The second-order valence-electron chi connectivity index (χ2n) is 4.13. The average Bonchev–Trinajstić information content (AvgIpc) is 2.48. The Morgan fingerprint density at radius 2 is 1.90 bits per heavy atom. The van der Waals surface area contributed by atoms with Gasteiger partial charge in [-0.1, -0.05) is 24.3 Å². The zero-order valence-electron chi connectivity index (χ0n) is 10.7. The van der Waals surface area contributed by atoms with Crippen molar-refractivity contribution in [3.05, 3.63) is 64.6 Å². The summed E-state index contributed by atoms with van der Waals surface area (Å²) >= 11 is 0. The van der Waals surface area contributed by atoms with E-state index >= 15 is 0 Å². The first-order valence-corrected chi connectivity index (χ1v) is 6.15. The molecule has 1 heterocycles. The Hall–Kier alpha value is -2.87. The summed E-state index contributed by atoms with van der Waals surface area (Å²) in [6.45, 7) is 0.274. The van der Waals surface area contributed by atoms with Crippen LogP contribution in [0.5, 0.6) is 0 Å². The van der Waals surface area contributed by atoms with Crippen molar-refractivity contribution >= 4 is 11.6 Å². The van der Waals surface area contributed by atoms with Crippen molar-refractivity contribution in [2.24, 2.45) is 0 Å². The topological polar surface area (TPSA) is 77.0 Å². The number of anilines is 1. The molecule has 1 aromatic heterocycles. The Morgan fingerprint density at radius 3 is 2.55 bits per heavy atom. The number of aromatic amines is 1. The molecule has 0 bridgehead atoms. The van der Waals surface area contributed by atoms with E-state index in [9.17, 15) is 9.59 Å². The zero-order valence-corrected chi connectivity index (χ0v) is 10.7. The van der Waals surface area contributed by atoms with Gasteiger partial charge in [-0.25, -0.2) is 0 Å².